The third-order valence-electron chi connectivity index (χ3n) is 3.26. The fourth-order valence-corrected chi connectivity index (χ4v) is 2.08. The lowest BCUT2D eigenvalue weighted by Gasteiger charge is -2.09. The predicted octanol–water partition coefficient (Wildman–Crippen LogP) is 3.54. The molecule has 3 rings (SSSR count). The zero-order chi connectivity index (χ0) is 16.1. The molecule has 0 aliphatic rings. The van der Waals surface area contributed by atoms with Gasteiger partial charge >= 0.3 is 0 Å². The number of benzene rings is 2. The summed E-state index contributed by atoms with van der Waals surface area (Å²) in [5.74, 6) is 0.900. The van der Waals surface area contributed by atoms with E-state index in [-0.39, 0.29) is 0 Å². The molecule has 0 saturated heterocycles. The van der Waals surface area contributed by atoms with Crippen molar-refractivity contribution >= 4 is 23.1 Å². The van der Waals surface area contributed by atoms with Gasteiger partial charge in [0.25, 0.3) is 0 Å². The second kappa shape index (κ2) is 6.54. The summed E-state index contributed by atoms with van der Waals surface area (Å²) in [7, 11) is 0. The maximum absolute atomic E-state index is 9.13. The number of aryl methyl sites for hydroxylation is 1. The van der Waals surface area contributed by atoms with Gasteiger partial charge in [-0.3, -0.25) is 0 Å². The Hall–Kier alpha value is -3.46. The minimum Gasteiger partial charge on any atom is -0.338 e. The van der Waals surface area contributed by atoms with Crippen molar-refractivity contribution in [2.24, 2.45) is 0 Å². The largest absolute Gasteiger partial charge is 0.338 e. The van der Waals surface area contributed by atoms with Gasteiger partial charge in [0, 0.05) is 5.69 Å². The van der Waals surface area contributed by atoms with Gasteiger partial charge in [-0.2, -0.15) is 15.3 Å². The SMILES string of the molecule is Cc1ccccc1Nc1nncc(Nc2ccccc2C#N)n1. The molecular weight excluding hydrogens is 288 g/mol. The van der Waals surface area contributed by atoms with Crippen molar-refractivity contribution in [3.05, 3.63) is 65.9 Å². The van der Waals surface area contributed by atoms with Gasteiger partial charge < -0.3 is 10.6 Å². The number of para-hydroxylation sites is 2. The van der Waals surface area contributed by atoms with Gasteiger partial charge in [-0.25, -0.2) is 0 Å². The molecule has 0 fully saturated rings. The maximum Gasteiger partial charge on any atom is 0.249 e. The average molecular weight is 302 g/mol. The second-order valence-corrected chi connectivity index (χ2v) is 4.89. The lowest BCUT2D eigenvalue weighted by atomic mass is 10.2. The summed E-state index contributed by atoms with van der Waals surface area (Å²) in [6, 6.07) is 17.2. The third-order valence-corrected chi connectivity index (χ3v) is 3.26. The number of aromatic nitrogens is 3. The van der Waals surface area contributed by atoms with Crippen molar-refractivity contribution in [1.29, 1.82) is 5.26 Å². The maximum atomic E-state index is 9.13. The molecule has 6 nitrogen and oxygen atoms in total. The highest BCUT2D eigenvalue weighted by molar-refractivity contribution is 5.65. The topological polar surface area (TPSA) is 86.5 Å². The molecule has 0 bridgehead atoms. The Morgan fingerprint density at radius 3 is 2.48 bits per heavy atom. The highest BCUT2D eigenvalue weighted by Crippen LogP contribution is 2.20. The lowest BCUT2D eigenvalue weighted by Crippen LogP contribution is -2.03. The van der Waals surface area contributed by atoms with Crippen molar-refractivity contribution in [2.75, 3.05) is 10.6 Å². The van der Waals surface area contributed by atoms with Gasteiger partial charge in [-0.15, -0.1) is 5.10 Å². The van der Waals surface area contributed by atoms with E-state index in [0.717, 1.165) is 11.3 Å². The summed E-state index contributed by atoms with van der Waals surface area (Å²) in [5, 5.41) is 23.3. The predicted molar refractivity (Wildman–Crippen MR) is 88.7 cm³/mol. The Balaban J connectivity index is 1.83. The Morgan fingerprint density at radius 1 is 0.957 bits per heavy atom. The zero-order valence-electron chi connectivity index (χ0n) is 12.5. The molecule has 0 amide bonds. The minimum atomic E-state index is 0.388. The zero-order valence-corrected chi connectivity index (χ0v) is 12.5. The molecule has 3 aromatic rings. The fourth-order valence-electron chi connectivity index (χ4n) is 2.08. The number of anilines is 4. The molecule has 6 heteroatoms. The molecule has 0 unspecified atom stereocenters. The van der Waals surface area contributed by atoms with Gasteiger partial charge in [0.2, 0.25) is 5.95 Å². The van der Waals surface area contributed by atoms with Gasteiger partial charge in [-0.05, 0) is 30.7 Å². The number of hydrogen-bond donors (Lipinski definition) is 2. The van der Waals surface area contributed by atoms with Crippen molar-refractivity contribution in [2.45, 2.75) is 6.92 Å². The Labute approximate surface area is 133 Å². The number of rotatable bonds is 4. The number of nitrogens with zero attached hydrogens (tertiary/aromatic N) is 4. The summed E-state index contributed by atoms with van der Waals surface area (Å²) in [4.78, 5) is 4.37. The van der Waals surface area contributed by atoms with E-state index >= 15 is 0 Å². The summed E-state index contributed by atoms with van der Waals surface area (Å²) in [6.07, 6.45) is 1.51. The van der Waals surface area contributed by atoms with E-state index < -0.39 is 0 Å². The number of nitriles is 1. The van der Waals surface area contributed by atoms with Crippen LogP contribution in [0.3, 0.4) is 0 Å². The Kier molecular flexibility index (Phi) is 4.11. The smallest absolute Gasteiger partial charge is 0.249 e. The molecule has 112 valence electrons. The number of hydrogen-bond acceptors (Lipinski definition) is 6. The van der Waals surface area contributed by atoms with Crippen LogP contribution in [0, 0.1) is 18.3 Å². The average Bonchev–Trinajstić information content (AvgIpc) is 2.58. The molecular formula is C17H14N6. The fraction of sp³-hybridized carbons (Fsp3) is 0.0588. The van der Waals surface area contributed by atoms with Crippen LogP contribution in [-0.4, -0.2) is 15.2 Å². The molecule has 1 heterocycles. The van der Waals surface area contributed by atoms with Crippen LogP contribution in [-0.2, 0) is 0 Å². The molecule has 23 heavy (non-hydrogen) atoms. The van der Waals surface area contributed by atoms with Crippen LogP contribution in [0.2, 0.25) is 0 Å². The van der Waals surface area contributed by atoms with E-state index in [0.29, 0.717) is 23.0 Å². The molecule has 0 saturated carbocycles. The second-order valence-electron chi connectivity index (χ2n) is 4.89. The van der Waals surface area contributed by atoms with Crippen LogP contribution < -0.4 is 10.6 Å². The molecule has 2 aromatic carbocycles. The van der Waals surface area contributed by atoms with E-state index in [4.69, 9.17) is 5.26 Å². The van der Waals surface area contributed by atoms with E-state index in [1.807, 2.05) is 49.4 Å². The summed E-state index contributed by atoms with van der Waals surface area (Å²) < 4.78 is 0. The first-order chi connectivity index (χ1) is 11.3. The molecule has 1 aromatic heterocycles. The van der Waals surface area contributed by atoms with Crippen molar-refractivity contribution in [3.8, 4) is 6.07 Å². The summed E-state index contributed by atoms with van der Waals surface area (Å²) in [6.45, 7) is 2.00. The van der Waals surface area contributed by atoms with E-state index in [2.05, 4.69) is 31.9 Å². The van der Waals surface area contributed by atoms with E-state index in [1.165, 1.54) is 6.20 Å². The Morgan fingerprint density at radius 2 is 1.70 bits per heavy atom. The number of nitrogens with one attached hydrogen (secondary N) is 2. The molecule has 0 atom stereocenters. The standard InChI is InChI=1S/C17H14N6/c1-12-6-2-4-8-14(12)21-17-22-16(11-19-23-17)20-15-9-5-3-7-13(15)10-18/h2-9,11H,1H3,(H2,20,21,22,23). The van der Waals surface area contributed by atoms with Gasteiger partial charge in [0.05, 0.1) is 17.4 Å². The molecule has 2 N–H and O–H groups in total. The first-order valence-corrected chi connectivity index (χ1v) is 7.05. The van der Waals surface area contributed by atoms with Crippen molar-refractivity contribution in [1.82, 2.24) is 15.2 Å². The molecule has 0 radical (unpaired) electrons. The van der Waals surface area contributed by atoms with Crippen LogP contribution in [0.4, 0.5) is 23.1 Å². The quantitative estimate of drug-likeness (QED) is 0.766. The van der Waals surface area contributed by atoms with E-state index in [9.17, 15) is 0 Å². The van der Waals surface area contributed by atoms with Crippen LogP contribution >= 0.6 is 0 Å². The van der Waals surface area contributed by atoms with Crippen LogP contribution in [0.25, 0.3) is 0 Å². The molecule has 0 aliphatic heterocycles. The van der Waals surface area contributed by atoms with Crippen molar-refractivity contribution < 1.29 is 0 Å². The highest BCUT2D eigenvalue weighted by Gasteiger charge is 2.05. The first-order valence-electron chi connectivity index (χ1n) is 7.05. The third kappa shape index (κ3) is 3.41. The summed E-state index contributed by atoms with van der Waals surface area (Å²) in [5.41, 5.74) is 3.23. The molecule has 0 aliphatic carbocycles. The lowest BCUT2D eigenvalue weighted by molar-refractivity contribution is 0.981. The normalized spacial score (nSPS) is 9.91. The van der Waals surface area contributed by atoms with Gasteiger partial charge in [-0.1, -0.05) is 30.3 Å². The van der Waals surface area contributed by atoms with Gasteiger partial charge in [0.15, 0.2) is 5.82 Å². The van der Waals surface area contributed by atoms with Crippen LogP contribution in [0.5, 0.6) is 0 Å². The van der Waals surface area contributed by atoms with Crippen LogP contribution in [0.15, 0.2) is 54.7 Å². The monoisotopic (exact) mass is 302 g/mol. The highest BCUT2D eigenvalue weighted by atomic mass is 15.3. The van der Waals surface area contributed by atoms with Gasteiger partial charge in [0.1, 0.15) is 6.07 Å². The van der Waals surface area contributed by atoms with E-state index in [1.54, 1.807) is 6.07 Å². The molecule has 0 spiro atoms. The van der Waals surface area contributed by atoms with Crippen LogP contribution in [0.1, 0.15) is 11.1 Å². The van der Waals surface area contributed by atoms with Crippen molar-refractivity contribution in [3.63, 3.8) is 0 Å². The Bertz CT molecular complexity index is 869. The minimum absolute atomic E-state index is 0.388. The first kappa shape index (κ1) is 14.5. The summed E-state index contributed by atoms with van der Waals surface area (Å²) >= 11 is 0.